The molecule has 0 aliphatic carbocycles. The summed E-state index contributed by atoms with van der Waals surface area (Å²) in [5.74, 6) is -1.37. The third-order valence-corrected chi connectivity index (χ3v) is 11.0. The van der Waals surface area contributed by atoms with E-state index in [1.807, 2.05) is 27.7 Å². The van der Waals surface area contributed by atoms with E-state index >= 15 is 0 Å². The van der Waals surface area contributed by atoms with Gasteiger partial charge in [0.2, 0.25) is 0 Å². The predicted molar refractivity (Wildman–Crippen MR) is 229 cm³/mol. The molecule has 0 radical (unpaired) electrons. The van der Waals surface area contributed by atoms with Gasteiger partial charge in [-0.2, -0.15) is 10.2 Å². The van der Waals surface area contributed by atoms with Crippen molar-refractivity contribution in [2.75, 3.05) is 6.61 Å². The number of aromatic carboxylic acids is 1. The zero-order valence-corrected chi connectivity index (χ0v) is 36.0. The summed E-state index contributed by atoms with van der Waals surface area (Å²) in [5, 5.41) is 23.3. The number of nitrogens with one attached hydrogen (secondary N) is 1. The quantitative estimate of drug-likeness (QED) is 0.161. The topological polar surface area (TPSA) is 136 Å². The Morgan fingerprint density at radius 2 is 1.22 bits per heavy atom. The Hall–Kier alpha value is -4.69. The summed E-state index contributed by atoms with van der Waals surface area (Å²) in [7, 11) is 0. The van der Waals surface area contributed by atoms with Crippen molar-refractivity contribution in [3.8, 4) is 28.3 Å². The molecule has 0 bridgehead atoms. The molecule has 8 rings (SSSR count). The molecule has 2 N–H and O–H groups in total. The van der Waals surface area contributed by atoms with Crippen LogP contribution < -0.4 is 10.1 Å². The number of carbonyl (C=O) groups is 2. The van der Waals surface area contributed by atoms with Crippen LogP contribution in [0.15, 0.2) is 67.0 Å². The molecule has 0 fully saturated rings. The van der Waals surface area contributed by atoms with Gasteiger partial charge >= 0.3 is 5.97 Å². The summed E-state index contributed by atoms with van der Waals surface area (Å²) in [6.07, 6.45) is 3.28. The highest BCUT2D eigenvalue weighted by molar-refractivity contribution is 6.36. The molecule has 18 heteroatoms. The average molecular weight is 918 g/mol. The van der Waals surface area contributed by atoms with E-state index in [0.29, 0.717) is 94.9 Å². The fourth-order valence-electron chi connectivity index (χ4n) is 6.95. The normalized spacial score (nSPS) is 13.7. The minimum Gasteiger partial charge on any atom is -0.493 e. The van der Waals surface area contributed by atoms with Crippen LogP contribution in [0.5, 0.6) is 5.75 Å². The summed E-state index contributed by atoms with van der Waals surface area (Å²) in [6.45, 7) is 8.12. The lowest BCUT2D eigenvalue weighted by Gasteiger charge is -2.27. The number of carboxylic acid groups (broad SMARTS) is 1. The van der Waals surface area contributed by atoms with Gasteiger partial charge in [0, 0.05) is 54.3 Å². The van der Waals surface area contributed by atoms with E-state index < -0.39 is 12.0 Å². The van der Waals surface area contributed by atoms with Crippen LogP contribution in [0.3, 0.4) is 0 Å². The van der Waals surface area contributed by atoms with Crippen LogP contribution in [0, 0.1) is 5.82 Å². The first-order valence-electron chi connectivity index (χ1n) is 18.1. The second-order valence-corrected chi connectivity index (χ2v) is 16.7. The van der Waals surface area contributed by atoms with E-state index in [1.54, 1.807) is 42.5 Å². The maximum absolute atomic E-state index is 13.9. The fraction of sp³-hybridized carbons (Fsp3) is 0.220. The number of aromatic nitrogens is 6. The van der Waals surface area contributed by atoms with Gasteiger partial charge in [0.25, 0.3) is 5.91 Å². The molecule has 4 aromatic heterocycles. The van der Waals surface area contributed by atoms with E-state index in [0.717, 1.165) is 0 Å². The van der Waals surface area contributed by atoms with Gasteiger partial charge in [-0.3, -0.25) is 4.79 Å². The number of hydrogen-bond acceptors (Lipinski definition) is 7. The molecule has 1 amide bonds. The Labute approximate surface area is 366 Å². The van der Waals surface area contributed by atoms with E-state index in [1.165, 1.54) is 33.6 Å². The van der Waals surface area contributed by atoms with Gasteiger partial charge in [-0.15, -0.1) is 0 Å². The molecule has 7 aromatic rings. The second kappa shape index (κ2) is 17.1. The maximum Gasteiger partial charge on any atom is 0.337 e. The Kier molecular flexibility index (Phi) is 12.3. The standard InChI is InChI=1S/C25H20Cl3FN4O2.C16H12Cl3N3O2/c1-12(2)21-18(25(34)31-19-5-6-35-20-4-3-16(29)10-17(19)20)11-30-33-23(28)22(32-24(21)33)13-7-14(26)9-15(27)8-13;1-7(2)12-11(16(23)24)6-20-22-14(19)13(21-15(12)22)8-3-9(17)5-10(18)4-8/h3-4,7-12,19H,5-6H2,1-2H3,(H,31,34);3-7H,1-2H3,(H,23,24)/t19-;/m0./s1. The third-order valence-electron chi connectivity index (χ3n) is 9.48. The molecule has 304 valence electrons. The minimum atomic E-state index is -1.06. The number of nitrogens with zero attached hydrogens (tertiary/aromatic N) is 6. The molecule has 5 heterocycles. The van der Waals surface area contributed by atoms with Gasteiger partial charge in [-0.1, -0.05) is 97.3 Å². The van der Waals surface area contributed by atoms with E-state index in [4.69, 9.17) is 79.3 Å². The van der Waals surface area contributed by atoms with Crippen molar-refractivity contribution in [2.24, 2.45) is 0 Å². The number of hydrogen-bond donors (Lipinski definition) is 2. The number of imidazole rings is 2. The molecule has 1 atom stereocenters. The van der Waals surface area contributed by atoms with Crippen LogP contribution in [0.4, 0.5) is 4.39 Å². The van der Waals surface area contributed by atoms with Crippen molar-refractivity contribution >= 4 is 92.8 Å². The molecular weight excluding hydrogens is 886 g/mol. The Morgan fingerprint density at radius 3 is 1.69 bits per heavy atom. The summed E-state index contributed by atoms with van der Waals surface area (Å²) in [4.78, 5) is 34.2. The summed E-state index contributed by atoms with van der Waals surface area (Å²) in [5.41, 5.74) is 5.37. The predicted octanol–water partition coefficient (Wildman–Crippen LogP) is 12.1. The van der Waals surface area contributed by atoms with Crippen LogP contribution >= 0.6 is 69.6 Å². The molecular formula is C41H32Cl6FN7O4. The van der Waals surface area contributed by atoms with Crippen molar-refractivity contribution in [1.82, 2.24) is 34.5 Å². The second-order valence-electron chi connectivity index (χ2n) is 14.2. The smallest absolute Gasteiger partial charge is 0.337 e. The molecule has 0 saturated carbocycles. The van der Waals surface area contributed by atoms with Crippen molar-refractivity contribution in [3.05, 3.63) is 131 Å². The average Bonchev–Trinajstić information content (AvgIpc) is 3.69. The van der Waals surface area contributed by atoms with Gasteiger partial charge in [0.1, 0.15) is 23.0 Å². The molecule has 1 aliphatic heterocycles. The van der Waals surface area contributed by atoms with Crippen molar-refractivity contribution < 1.29 is 23.8 Å². The first-order chi connectivity index (χ1) is 28.0. The number of halogens is 7. The van der Waals surface area contributed by atoms with Crippen molar-refractivity contribution in [2.45, 2.75) is 52.0 Å². The van der Waals surface area contributed by atoms with Gasteiger partial charge in [-0.05, 0) is 66.4 Å². The minimum absolute atomic E-state index is 0.0733. The molecule has 0 saturated heterocycles. The zero-order valence-electron chi connectivity index (χ0n) is 31.5. The van der Waals surface area contributed by atoms with Crippen LogP contribution in [0.25, 0.3) is 33.8 Å². The van der Waals surface area contributed by atoms with Crippen molar-refractivity contribution in [1.29, 1.82) is 0 Å². The summed E-state index contributed by atoms with van der Waals surface area (Å²) in [6, 6.07) is 13.9. The number of fused-ring (bicyclic) bond motifs is 3. The number of carbonyl (C=O) groups excluding carboxylic acids is 1. The Bertz CT molecular complexity index is 2770. The molecule has 1 aliphatic rings. The zero-order chi connectivity index (χ0) is 42.4. The van der Waals surface area contributed by atoms with Crippen LogP contribution in [-0.4, -0.2) is 52.8 Å². The number of carboxylic acids is 1. The third kappa shape index (κ3) is 8.52. The number of ether oxygens (including phenoxy) is 1. The Balaban J connectivity index is 0.000000192. The van der Waals surface area contributed by atoms with E-state index in [-0.39, 0.29) is 39.4 Å². The van der Waals surface area contributed by atoms with E-state index in [2.05, 4.69) is 20.5 Å². The lowest BCUT2D eigenvalue weighted by molar-refractivity contribution is 0.0694. The highest BCUT2D eigenvalue weighted by Gasteiger charge is 2.28. The molecule has 11 nitrogen and oxygen atoms in total. The van der Waals surface area contributed by atoms with Gasteiger partial charge in [-0.25, -0.2) is 28.2 Å². The molecule has 3 aromatic carbocycles. The lowest BCUT2D eigenvalue weighted by Crippen LogP contribution is -2.33. The number of rotatable bonds is 7. The SMILES string of the molecule is CC(C)c1c(C(=O)N[C@H]2CCOc3ccc(F)cc32)cnn2c(Cl)c(-c3cc(Cl)cc(Cl)c3)nc12.CC(C)c1c(C(=O)O)cnn2c(Cl)c(-c3cc(Cl)cc(Cl)c3)nc12. The summed E-state index contributed by atoms with van der Waals surface area (Å²) >= 11 is 37.5. The van der Waals surface area contributed by atoms with Crippen LogP contribution in [0.2, 0.25) is 30.4 Å². The highest BCUT2D eigenvalue weighted by Crippen LogP contribution is 2.38. The summed E-state index contributed by atoms with van der Waals surface area (Å²) < 4.78 is 22.4. The van der Waals surface area contributed by atoms with Gasteiger partial charge in [0.05, 0.1) is 36.2 Å². The van der Waals surface area contributed by atoms with Gasteiger partial charge < -0.3 is 15.2 Å². The first kappa shape index (κ1) is 42.4. The van der Waals surface area contributed by atoms with Crippen LogP contribution in [-0.2, 0) is 0 Å². The largest absolute Gasteiger partial charge is 0.493 e. The number of amides is 1. The monoisotopic (exact) mass is 915 g/mol. The molecule has 0 unspecified atom stereocenters. The number of benzene rings is 3. The fourth-order valence-corrected chi connectivity index (χ4v) is 8.55. The van der Waals surface area contributed by atoms with E-state index in [9.17, 15) is 19.1 Å². The molecule has 59 heavy (non-hydrogen) atoms. The highest BCUT2D eigenvalue weighted by atomic mass is 35.5. The van der Waals surface area contributed by atoms with Crippen molar-refractivity contribution in [3.63, 3.8) is 0 Å². The van der Waals surface area contributed by atoms with Crippen LogP contribution in [0.1, 0.15) is 89.4 Å². The maximum atomic E-state index is 13.9. The molecule has 0 spiro atoms. The van der Waals surface area contributed by atoms with Gasteiger partial charge in [0.15, 0.2) is 21.6 Å². The Morgan fingerprint density at radius 1 is 0.746 bits per heavy atom. The lowest BCUT2D eigenvalue weighted by atomic mass is 9.97. The first-order valence-corrected chi connectivity index (χ1v) is 20.3.